The summed E-state index contributed by atoms with van der Waals surface area (Å²) in [5, 5.41) is 0. The van der Waals surface area contributed by atoms with Crippen molar-refractivity contribution in [3.63, 3.8) is 0 Å². The molecule has 0 radical (unpaired) electrons. The molecule has 0 saturated heterocycles. The van der Waals surface area contributed by atoms with Crippen molar-refractivity contribution in [2.45, 2.75) is 27.7 Å². The van der Waals surface area contributed by atoms with Gasteiger partial charge >= 0.3 is 0 Å². The Morgan fingerprint density at radius 3 is 1.81 bits per heavy atom. The van der Waals surface area contributed by atoms with Crippen molar-refractivity contribution in [2.24, 2.45) is 0 Å². The summed E-state index contributed by atoms with van der Waals surface area (Å²) < 4.78 is 0. The molecular formula is C16H24. The molecular weight excluding hydrogens is 192 g/mol. The highest BCUT2D eigenvalue weighted by atomic mass is 14.0. The molecule has 1 rings (SSSR count). The Kier molecular flexibility index (Phi) is 14.2. The molecule has 1 aromatic rings. The lowest BCUT2D eigenvalue weighted by atomic mass is 10.1. The molecule has 0 spiro atoms. The second-order valence-corrected chi connectivity index (χ2v) is 2.43. The molecule has 0 N–H and O–H groups in total. The van der Waals surface area contributed by atoms with E-state index in [1.54, 1.807) is 6.08 Å². The highest BCUT2D eigenvalue weighted by molar-refractivity contribution is 5.64. The van der Waals surface area contributed by atoms with E-state index in [4.69, 9.17) is 0 Å². The summed E-state index contributed by atoms with van der Waals surface area (Å²) in [7, 11) is 0. The first-order chi connectivity index (χ1) is 7.88. The van der Waals surface area contributed by atoms with Crippen LogP contribution in [0, 0.1) is 0 Å². The van der Waals surface area contributed by atoms with Crippen LogP contribution >= 0.6 is 0 Å². The standard InChI is InChI=1S/C12H12.2C2H6/c1-3-5-8-12-10-7-6-9-11(12)4-2;2*1-2/h3-10H,1-2H2;2*1-2H3/b8-5-;;. The van der Waals surface area contributed by atoms with E-state index in [-0.39, 0.29) is 0 Å². The summed E-state index contributed by atoms with van der Waals surface area (Å²) in [6.07, 6.45) is 7.55. The summed E-state index contributed by atoms with van der Waals surface area (Å²) in [6, 6.07) is 8.10. The van der Waals surface area contributed by atoms with Crippen molar-refractivity contribution in [2.75, 3.05) is 0 Å². The van der Waals surface area contributed by atoms with Crippen LogP contribution in [0.5, 0.6) is 0 Å². The maximum Gasteiger partial charge on any atom is -0.0184 e. The van der Waals surface area contributed by atoms with Gasteiger partial charge in [-0.3, -0.25) is 0 Å². The molecule has 0 aliphatic carbocycles. The van der Waals surface area contributed by atoms with Crippen LogP contribution in [0.1, 0.15) is 38.8 Å². The number of hydrogen-bond donors (Lipinski definition) is 0. The lowest BCUT2D eigenvalue weighted by Crippen LogP contribution is -1.77. The fraction of sp³-hybridized carbons (Fsp3) is 0.250. The van der Waals surface area contributed by atoms with E-state index in [0.29, 0.717) is 0 Å². The second kappa shape index (κ2) is 13.4. The van der Waals surface area contributed by atoms with E-state index in [9.17, 15) is 0 Å². The summed E-state index contributed by atoms with van der Waals surface area (Å²) in [5.74, 6) is 0. The molecule has 0 nitrogen and oxygen atoms in total. The number of rotatable bonds is 3. The lowest BCUT2D eigenvalue weighted by Gasteiger charge is -1.97. The van der Waals surface area contributed by atoms with Crippen LogP contribution in [-0.2, 0) is 0 Å². The van der Waals surface area contributed by atoms with Crippen molar-refractivity contribution < 1.29 is 0 Å². The predicted octanol–water partition coefficient (Wildman–Crippen LogP) is 5.58. The molecule has 0 aliphatic rings. The Balaban J connectivity index is 0. The van der Waals surface area contributed by atoms with Crippen LogP contribution in [0.2, 0.25) is 0 Å². The second-order valence-electron chi connectivity index (χ2n) is 2.43. The molecule has 0 amide bonds. The minimum Gasteiger partial charge on any atom is -0.0991 e. The maximum absolute atomic E-state index is 3.74. The van der Waals surface area contributed by atoms with Crippen molar-refractivity contribution >= 4 is 12.2 Å². The van der Waals surface area contributed by atoms with Crippen LogP contribution in [0.15, 0.2) is 49.6 Å². The molecule has 0 bridgehead atoms. The summed E-state index contributed by atoms with van der Waals surface area (Å²) in [5.41, 5.74) is 2.32. The van der Waals surface area contributed by atoms with Crippen LogP contribution in [-0.4, -0.2) is 0 Å². The van der Waals surface area contributed by atoms with Gasteiger partial charge in [0.15, 0.2) is 0 Å². The van der Waals surface area contributed by atoms with Gasteiger partial charge in [-0.1, -0.05) is 89.4 Å². The van der Waals surface area contributed by atoms with Crippen molar-refractivity contribution in [1.29, 1.82) is 0 Å². The minimum atomic E-state index is 1.15. The van der Waals surface area contributed by atoms with Crippen LogP contribution < -0.4 is 0 Å². The Labute approximate surface area is 101 Å². The van der Waals surface area contributed by atoms with E-state index in [1.807, 2.05) is 64.1 Å². The largest absolute Gasteiger partial charge is 0.0991 e. The van der Waals surface area contributed by atoms with Crippen LogP contribution in [0.4, 0.5) is 0 Å². The van der Waals surface area contributed by atoms with Gasteiger partial charge in [-0.05, 0) is 11.1 Å². The molecule has 0 heteroatoms. The van der Waals surface area contributed by atoms with Gasteiger partial charge in [-0.2, -0.15) is 0 Å². The molecule has 0 fully saturated rings. The fourth-order valence-electron chi connectivity index (χ4n) is 1.02. The molecule has 88 valence electrons. The molecule has 0 saturated carbocycles. The third kappa shape index (κ3) is 6.83. The van der Waals surface area contributed by atoms with E-state index < -0.39 is 0 Å². The first-order valence-corrected chi connectivity index (χ1v) is 5.89. The number of benzene rings is 1. The van der Waals surface area contributed by atoms with E-state index in [2.05, 4.69) is 19.2 Å². The average molecular weight is 216 g/mol. The fourth-order valence-corrected chi connectivity index (χ4v) is 1.02. The van der Waals surface area contributed by atoms with E-state index in [1.165, 1.54) is 5.56 Å². The zero-order chi connectivity index (χ0) is 12.8. The molecule has 16 heavy (non-hydrogen) atoms. The predicted molar refractivity (Wildman–Crippen MR) is 78.5 cm³/mol. The zero-order valence-electron chi connectivity index (χ0n) is 11.0. The SMILES string of the molecule is C=C/C=C\c1ccccc1C=C.CC.CC. The highest BCUT2D eigenvalue weighted by Crippen LogP contribution is 2.11. The van der Waals surface area contributed by atoms with Crippen molar-refractivity contribution in [3.05, 3.63) is 60.7 Å². The molecule has 0 aromatic heterocycles. The molecule has 1 aromatic carbocycles. The minimum absolute atomic E-state index is 1.15. The Bertz CT molecular complexity index is 306. The normalized spacial score (nSPS) is 8.25. The van der Waals surface area contributed by atoms with Gasteiger partial charge in [0.2, 0.25) is 0 Å². The quantitative estimate of drug-likeness (QED) is 0.578. The van der Waals surface area contributed by atoms with E-state index >= 15 is 0 Å². The molecule has 0 aliphatic heterocycles. The van der Waals surface area contributed by atoms with Gasteiger partial charge in [-0.15, -0.1) is 0 Å². The van der Waals surface area contributed by atoms with Gasteiger partial charge < -0.3 is 0 Å². The third-order valence-corrected chi connectivity index (χ3v) is 1.63. The monoisotopic (exact) mass is 216 g/mol. The number of hydrogen-bond acceptors (Lipinski definition) is 0. The first-order valence-electron chi connectivity index (χ1n) is 5.89. The Morgan fingerprint density at radius 1 is 0.875 bits per heavy atom. The van der Waals surface area contributed by atoms with E-state index in [0.717, 1.165) is 5.56 Å². The topological polar surface area (TPSA) is 0 Å². The summed E-state index contributed by atoms with van der Waals surface area (Å²) in [4.78, 5) is 0. The summed E-state index contributed by atoms with van der Waals surface area (Å²) >= 11 is 0. The first kappa shape index (κ1) is 16.9. The zero-order valence-corrected chi connectivity index (χ0v) is 11.0. The highest BCUT2D eigenvalue weighted by Gasteiger charge is 1.90. The van der Waals surface area contributed by atoms with Gasteiger partial charge in [0.25, 0.3) is 0 Å². The van der Waals surface area contributed by atoms with Gasteiger partial charge in [0, 0.05) is 0 Å². The van der Waals surface area contributed by atoms with Gasteiger partial charge in [-0.25, -0.2) is 0 Å². The lowest BCUT2D eigenvalue weighted by molar-refractivity contribution is 1.50. The molecule has 0 heterocycles. The Morgan fingerprint density at radius 2 is 1.38 bits per heavy atom. The van der Waals surface area contributed by atoms with Crippen molar-refractivity contribution in [1.82, 2.24) is 0 Å². The van der Waals surface area contributed by atoms with Gasteiger partial charge in [0.05, 0.1) is 0 Å². The third-order valence-electron chi connectivity index (χ3n) is 1.63. The number of allylic oxidation sites excluding steroid dienone is 2. The van der Waals surface area contributed by atoms with Crippen LogP contribution in [0.3, 0.4) is 0 Å². The Hall–Kier alpha value is -1.56. The van der Waals surface area contributed by atoms with Crippen molar-refractivity contribution in [3.8, 4) is 0 Å². The molecule has 0 unspecified atom stereocenters. The van der Waals surface area contributed by atoms with Crippen LogP contribution in [0.25, 0.3) is 12.2 Å². The van der Waals surface area contributed by atoms with Gasteiger partial charge in [0.1, 0.15) is 0 Å². The molecule has 0 atom stereocenters. The average Bonchev–Trinajstić information content (AvgIpc) is 2.41. The smallest absolute Gasteiger partial charge is 0.0184 e. The maximum atomic E-state index is 3.74. The summed E-state index contributed by atoms with van der Waals surface area (Å²) in [6.45, 7) is 15.4.